The van der Waals surface area contributed by atoms with Crippen molar-refractivity contribution in [3.63, 3.8) is 0 Å². The van der Waals surface area contributed by atoms with Gasteiger partial charge in [-0.15, -0.1) is 0 Å². The zero-order valence-electron chi connectivity index (χ0n) is 16.7. The van der Waals surface area contributed by atoms with Gasteiger partial charge in [0.25, 0.3) is 15.9 Å². The number of aryl methyl sites for hydroxylation is 1. The molecule has 0 bridgehead atoms. The highest BCUT2D eigenvalue weighted by molar-refractivity contribution is 7.93. The molecule has 0 aromatic heterocycles. The van der Waals surface area contributed by atoms with Crippen molar-refractivity contribution in [1.82, 2.24) is 0 Å². The first-order valence-corrected chi connectivity index (χ1v) is 11.0. The minimum Gasteiger partial charge on any atom is -0.495 e. The van der Waals surface area contributed by atoms with Gasteiger partial charge in [0.15, 0.2) is 0 Å². The number of carbonyl (C=O) groups excluding carboxylic acids is 1. The molecule has 0 aliphatic heterocycles. The van der Waals surface area contributed by atoms with Crippen LogP contribution in [0.3, 0.4) is 0 Å². The molecular weight excluding hydrogens is 441 g/mol. The second-order valence-electron chi connectivity index (χ2n) is 6.62. The summed E-state index contributed by atoms with van der Waals surface area (Å²) >= 11 is 6.17. The number of rotatable bonds is 6. The Hall–Kier alpha value is -3.16. The molecule has 0 fully saturated rings. The van der Waals surface area contributed by atoms with Gasteiger partial charge in [-0.1, -0.05) is 41.4 Å². The Morgan fingerprint density at radius 3 is 2.26 bits per heavy atom. The summed E-state index contributed by atoms with van der Waals surface area (Å²) < 4.78 is 45.6. The van der Waals surface area contributed by atoms with Crippen molar-refractivity contribution in [3.8, 4) is 5.75 Å². The Balaban J connectivity index is 2.07. The van der Waals surface area contributed by atoms with E-state index in [4.69, 9.17) is 16.3 Å². The van der Waals surface area contributed by atoms with Crippen LogP contribution < -0.4 is 9.04 Å². The quantitative estimate of drug-likeness (QED) is 0.473. The second-order valence-corrected chi connectivity index (χ2v) is 8.82. The third-order valence-electron chi connectivity index (χ3n) is 4.42. The van der Waals surface area contributed by atoms with Crippen molar-refractivity contribution in [2.75, 3.05) is 11.4 Å². The van der Waals surface area contributed by atoms with E-state index >= 15 is 0 Å². The van der Waals surface area contributed by atoms with Crippen LogP contribution in [0, 0.1) is 12.7 Å². The van der Waals surface area contributed by atoms with Crippen molar-refractivity contribution >= 4 is 39.3 Å². The van der Waals surface area contributed by atoms with E-state index in [1.807, 2.05) is 6.92 Å². The largest absolute Gasteiger partial charge is 0.495 e. The Morgan fingerprint density at radius 1 is 1.03 bits per heavy atom. The zero-order chi connectivity index (χ0) is 22.6. The average molecular weight is 460 g/mol. The molecule has 1 amide bonds. The average Bonchev–Trinajstić information content (AvgIpc) is 2.74. The maximum Gasteiger partial charge on any atom is 0.271 e. The van der Waals surface area contributed by atoms with Crippen molar-refractivity contribution in [2.24, 2.45) is 0 Å². The summed E-state index contributed by atoms with van der Waals surface area (Å²) in [7, 11) is -2.82. The number of methoxy groups -OCH3 is 1. The molecule has 0 aliphatic rings. The number of hydrogen-bond donors (Lipinski definition) is 0. The van der Waals surface area contributed by atoms with Crippen molar-refractivity contribution in [2.45, 2.75) is 11.8 Å². The lowest BCUT2D eigenvalue weighted by Crippen LogP contribution is -2.35. The predicted molar refractivity (Wildman–Crippen MR) is 119 cm³/mol. The van der Waals surface area contributed by atoms with Gasteiger partial charge in [0, 0.05) is 6.08 Å². The number of sulfonamides is 1. The standard InChI is InChI=1S/C23H19ClFNO4S/c1-16-3-11-20(12-4-16)31(28,29)26(19-10-13-22(30-2)21(24)15-19)23(27)14-7-17-5-8-18(25)9-6-17/h3-15H,1-2H3/b14-7+. The van der Waals surface area contributed by atoms with Gasteiger partial charge >= 0.3 is 0 Å². The molecule has 31 heavy (non-hydrogen) atoms. The van der Waals surface area contributed by atoms with Gasteiger partial charge in [0.1, 0.15) is 11.6 Å². The van der Waals surface area contributed by atoms with Crippen LogP contribution in [0.4, 0.5) is 10.1 Å². The van der Waals surface area contributed by atoms with Crippen LogP contribution in [0.2, 0.25) is 5.02 Å². The van der Waals surface area contributed by atoms with Crippen LogP contribution in [-0.4, -0.2) is 21.4 Å². The first kappa shape index (κ1) is 22.5. The van der Waals surface area contributed by atoms with E-state index in [0.29, 0.717) is 15.6 Å². The number of ether oxygens (including phenoxy) is 1. The van der Waals surface area contributed by atoms with Crippen LogP contribution >= 0.6 is 11.6 Å². The van der Waals surface area contributed by atoms with E-state index in [9.17, 15) is 17.6 Å². The second kappa shape index (κ2) is 9.32. The van der Waals surface area contributed by atoms with E-state index < -0.39 is 21.7 Å². The summed E-state index contributed by atoms with van der Waals surface area (Å²) in [6.07, 6.45) is 2.52. The lowest BCUT2D eigenvalue weighted by Gasteiger charge is -2.22. The van der Waals surface area contributed by atoms with E-state index in [-0.39, 0.29) is 15.6 Å². The number of hydrogen-bond acceptors (Lipinski definition) is 4. The van der Waals surface area contributed by atoms with Crippen LogP contribution in [0.25, 0.3) is 6.08 Å². The molecule has 0 heterocycles. The molecule has 3 rings (SSSR count). The van der Waals surface area contributed by atoms with E-state index in [1.165, 1.54) is 67.8 Å². The van der Waals surface area contributed by atoms with Gasteiger partial charge < -0.3 is 4.74 Å². The highest BCUT2D eigenvalue weighted by Gasteiger charge is 2.30. The van der Waals surface area contributed by atoms with E-state index in [2.05, 4.69) is 0 Å². The molecule has 0 saturated carbocycles. The molecule has 0 atom stereocenters. The fraction of sp³-hybridized carbons (Fsp3) is 0.0870. The van der Waals surface area contributed by atoms with Gasteiger partial charge in [0.2, 0.25) is 0 Å². The zero-order valence-corrected chi connectivity index (χ0v) is 18.3. The molecule has 0 unspecified atom stereocenters. The molecule has 0 aliphatic carbocycles. The molecule has 5 nitrogen and oxygen atoms in total. The van der Waals surface area contributed by atoms with Crippen LogP contribution in [0.1, 0.15) is 11.1 Å². The molecule has 160 valence electrons. The number of anilines is 1. The summed E-state index contributed by atoms with van der Waals surface area (Å²) in [6, 6.07) is 15.8. The summed E-state index contributed by atoms with van der Waals surface area (Å²) in [5.74, 6) is -0.890. The lowest BCUT2D eigenvalue weighted by molar-refractivity contribution is -0.113. The number of halogens is 2. The smallest absolute Gasteiger partial charge is 0.271 e. The van der Waals surface area contributed by atoms with Crippen molar-refractivity contribution in [1.29, 1.82) is 0 Å². The number of nitrogens with zero attached hydrogens (tertiary/aromatic N) is 1. The van der Waals surface area contributed by atoms with E-state index in [1.54, 1.807) is 12.1 Å². The first-order chi connectivity index (χ1) is 14.7. The molecule has 0 saturated heterocycles. The third kappa shape index (κ3) is 5.13. The number of benzene rings is 3. The summed E-state index contributed by atoms with van der Waals surface area (Å²) in [5.41, 5.74) is 1.47. The Bertz CT molecular complexity index is 1220. The predicted octanol–water partition coefficient (Wildman–Crippen LogP) is 5.23. The summed E-state index contributed by atoms with van der Waals surface area (Å²) in [5, 5.41) is 0.152. The maximum absolute atomic E-state index is 13.4. The SMILES string of the molecule is COc1ccc(N(C(=O)/C=C/c2ccc(F)cc2)S(=O)(=O)c2ccc(C)cc2)cc1Cl. The molecule has 3 aromatic rings. The Kier molecular flexibility index (Phi) is 6.77. The number of carbonyl (C=O) groups is 1. The normalized spacial score (nSPS) is 11.5. The van der Waals surface area contributed by atoms with Crippen LogP contribution in [0.15, 0.2) is 77.7 Å². The monoisotopic (exact) mass is 459 g/mol. The first-order valence-electron chi connectivity index (χ1n) is 9.15. The van der Waals surface area contributed by atoms with Gasteiger partial charge in [-0.3, -0.25) is 4.79 Å². The topological polar surface area (TPSA) is 63.7 Å². The molecule has 8 heteroatoms. The lowest BCUT2D eigenvalue weighted by atomic mass is 10.2. The fourth-order valence-electron chi connectivity index (χ4n) is 2.79. The van der Waals surface area contributed by atoms with Crippen molar-refractivity contribution in [3.05, 3.63) is 94.8 Å². The molecule has 0 N–H and O–H groups in total. The summed E-state index contributed by atoms with van der Waals surface area (Å²) in [6.45, 7) is 1.83. The fourth-order valence-corrected chi connectivity index (χ4v) is 4.42. The van der Waals surface area contributed by atoms with Gasteiger partial charge in [-0.25, -0.2) is 12.8 Å². The summed E-state index contributed by atoms with van der Waals surface area (Å²) in [4.78, 5) is 13.0. The van der Waals surface area contributed by atoms with Crippen molar-refractivity contribution < 1.29 is 22.3 Å². The molecule has 3 aromatic carbocycles. The van der Waals surface area contributed by atoms with E-state index in [0.717, 1.165) is 11.6 Å². The van der Waals surface area contributed by atoms with Gasteiger partial charge in [-0.2, -0.15) is 4.31 Å². The highest BCUT2D eigenvalue weighted by atomic mass is 35.5. The maximum atomic E-state index is 13.4. The number of amides is 1. The Labute approximate surface area is 185 Å². The minimum absolute atomic E-state index is 0.0476. The molecule has 0 spiro atoms. The molecule has 0 radical (unpaired) electrons. The molecular formula is C23H19ClFNO4S. The van der Waals surface area contributed by atoms with Crippen LogP contribution in [-0.2, 0) is 14.8 Å². The minimum atomic E-state index is -4.24. The van der Waals surface area contributed by atoms with Gasteiger partial charge in [-0.05, 0) is 61.0 Å². The van der Waals surface area contributed by atoms with Gasteiger partial charge in [0.05, 0.1) is 22.7 Å². The highest BCUT2D eigenvalue weighted by Crippen LogP contribution is 2.32. The van der Waals surface area contributed by atoms with Crippen LogP contribution in [0.5, 0.6) is 5.75 Å². The third-order valence-corrected chi connectivity index (χ3v) is 6.45. The Morgan fingerprint density at radius 2 is 1.68 bits per heavy atom.